The zero-order valence-corrected chi connectivity index (χ0v) is 20.6. The molecule has 1 aromatic heterocycles. The third-order valence-electron chi connectivity index (χ3n) is 5.20. The number of anilines is 1. The molecule has 4 aromatic rings. The molecule has 0 saturated heterocycles. The first-order valence-electron chi connectivity index (χ1n) is 10.8. The van der Waals surface area contributed by atoms with Crippen molar-refractivity contribution in [1.82, 2.24) is 20.1 Å². The maximum Gasteiger partial charge on any atom is 0.416 e. The van der Waals surface area contributed by atoms with Gasteiger partial charge in [-0.05, 0) is 54.4 Å². The Bertz CT molecular complexity index is 1340. The van der Waals surface area contributed by atoms with E-state index in [9.17, 15) is 18.0 Å². The maximum atomic E-state index is 12.8. The number of aromatic nitrogens is 3. The third-order valence-corrected chi connectivity index (χ3v) is 6.44. The van der Waals surface area contributed by atoms with Crippen molar-refractivity contribution >= 4 is 35.1 Å². The molecule has 11 heteroatoms. The van der Waals surface area contributed by atoms with Crippen molar-refractivity contribution in [2.45, 2.75) is 30.6 Å². The summed E-state index contributed by atoms with van der Waals surface area (Å²) in [4.78, 5) is 12.4. The van der Waals surface area contributed by atoms with Gasteiger partial charge in [-0.25, -0.2) is 4.79 Å². The molecule has 3 aromatic carbocycles. The summed E-state index contributed by atoms with van der Waals surface area (Å²) in [5.74, 6) is 1.14. The van der Waals surface area contributed by atoms with Crippen LogP contribution in [0.3, 0.4) is 0 Å². The summed E-state index contributed by atoms with van der Waals surface area (Å²) in [5, 5.41) is 15.0. The number of rotatable bonds is 7. The lowest BCUT2D eigenvalue weighted by molar-refractivity contribution is -0.137. The first-order valence-corrected chi connectivity index (χ1v) is 12.2. The molecule has 0 aliphatic rings. The van der Waals surface area contributed by atoms with Gasteiger partial charge in [0.1, 0.15) is 0 Å². The Kier molecular flexibility index (Phi) is 7.85. The molecule has 6 nitrogen and oxygen atoms in total. The molecule has 0 radical (unpaired) electrons. The van der Waals surface area contributed by atoms with Crippen molar-refractivity contribution in [2.75, 3.05) is 5.32 Å². The van der Waals surface area contributed by atoms with Crippen LogP contribution in [0, 0.1) is 6.92 Å². The smallest absolute Gasteiger partial charge is 0.331 e. The summed E-state index contributed by atoms with van der Waals surface area (Å²) in [5.41, 5.74) is 2.28. The second-order valence-electron chi connectivity index (χ2n) is 7.82. The Hall–Kier alpha value is -3.50. The molecule has 0 spiro atoms. The van der Waals surface area contributed by atoms with Crippen LogP contribution in [-0.4, -0.2) is 20.8 Å². The maximum absolute atomic E-state index is 12.8. The monoisotopic (exact) mass is 531 g/mol. The van der Waals surface area contributed by atoms with Gasteiger partial charge in [0.15, 0.2) is 11.0 Å². The fourth-order valence-electron chi connectivity index (χ4n) is 3.37. The lowest BCUT2D eigenvalue weighted by Crippen LogP contribution is -2.29. The molecular weight excluding hydrogens is 511 g/mol. The van der Waals surface area contributed by atoms with Gasteiger partial charge in [-0.1, -0.05) is 59.8 Å². The lowest BCUT2D eigenvalue weighted by Gasteiger charge is -2.14. The molecule has 0 saturated carbocycles. The minimum Gasteiger partial charge on any atom is -0.331 e. The molecule has 4 rings (SSSR count). The van der Waals surface area contributed by atoms with Crippen molar-refractivity contribution < 1.29 is 18.0 Å². The standard InChI is InChI=1S/C25H21ClF3N5OS/c1-16-7-10-19(26)13-21(16)34-22(32-33-24(34)36-15-17-5-3-2-4-6-17)14-30-23(35)31-20-11-8-18(9-12-20)25(27,28)29/h2-13H,14-15H2,1H3,(H2,30,31,35). The summed E-state index contributed by atoms with van der Waals surface area (Å²) in [7, 11) is 0. The van der Waals surface area contributed by atoms with Gasteiger partial charge >= 0.3 is 12.2 Å². The highest BCUT2D eigenvalue weighted by atomic mass is 35.5. The van der Waals surface area contributed by atoms with Crippen LogP contribution in [0.25, 0.3) is 5.69 Å². The highest BCUT2D eigenvalue weighted by Gasteiger charge is 2.30. The van der Waals surface area contributed by atoms with Crippen LogP contribution in [0.5, 0.6) is 0 Å². The number of carbonyl (C=O) groups excluding carboxylic acids is 1. The van der Waals surface area contributed by atoms with Crippen molar-refractivity contribution in [3.05, 3.63) is 100 Å². The molecule has 0 atom stereocenters. The van der Waals surface area contributed by atoms with E-state index in [0.717, 1.165) is 28.9 Å². The number of carbonyl (C=O) groups is 1. The summed E-state index contributed by atoms with van der Waals surface area (Å²) in [6, 6.07) is 19.0. The van der Waals surface area contributed by atoms with Crippen molar-refractivity contribution in [3.8, 4) is 5.69 Å². The first kappa shape index (κ1) is 25.6. The Balaban J connectivity index is 1.51. The Labute approximate surface area is 214 Å². The number of hydrogen-bond acceptors (Lipinski definition) is 4. The Morgan fingerprint density at radius 1 is 1.03 bits per heavy atom. The predicted molar refractivity (Wildman–Crippen MR) is 134 cm³/mol. The summed E-state index contributed by atoms with van der Waals surface area (Å²) < 4.78 is 40.1. The Morgan fingerprint density at radius 2 is 1.75 bits per heavy atom. The molecule has 36 heavy (non-hydrogen) atoms. The zero-order valence-electron chi connectivity index (χ0n) is 19.0. The largest absolute Gasteiger partial charge is 0.416 e. The topological polar surface area (TPSA) is 71.8 Å². The van der Waals surface area contributed by atoms with Crippen LogP contribution in [0.4, 0.5) is 23.7 Å². The van der Waals surface area contributed by atoms with E-state index in [-0.39, 0.29) is 12.2 Å². The van der Waals surface area contributed by atoms with Crippen molar-refractivity contribution in [1.29, 1.82) is 0 Å². The van der Waals surface area contributed by atoms with Crippen LogP contribution in [0.2, 0.25) is 5.02 Å². The molecule has 0 aliphatic carbocycles. The number of thioether (sulfide) groups is 1. The zero-order chi connectivity index (χ0) is 25.7. The second-order valence-corrected chi connectivity index (χ2v) is 9.20. The average molecular weight is 532 g/mol. The van der Waals surface area contributed by atoms with E-state index in [1.165, 1.54) is 23.9 Å². The molecular formula is C25H21ClF3N5OS. The number of amides is 2. The van der Waals surface area contributed by atoms with Gasteiger partial charge in [0.25, 0.3) is 0 Å². The van der Waals surface area contributed by atoms with Crippen LogP contribution < -0.4 is 10.6 Å². The molecule has 2 N–H and O–H groups in total. The number of nitrogens with zero attached hydrogens (tertiary/aromatic N) is 3. The van der Waals surface area contributed by atoms with E-state index < -0.39 is 17.8 Å². The fraction of sp³-hybridized carbons (Fsp3) is 0.160. The second kappa shape index (κ2) is 11.0. The molecule has 0 unspecified atom stereocenters. The average Bonchev–Trinajstić information content (AvgIpc) is 3.26. The number of halogens is 4. The summed E-state index contributed by atoms with van der Waals surface area (Å²) >= 11 is 7.75. The highest BCUT2D eigenvalue weighted by Crippen LogP contribution is 2.30. The van der Waals surface area contributed by atoms with Crippen molar-refractivity contribution in [2.24, 2.45) is 0 Å². The van der Waals surface area contributed by atoms with E-state index in [4.69, 9.17) is 11.6 Å². The number of nitrogens with one attached hydrogen (secondary N) is 2. The van der Waals surface area contributed by atoms with E-state index in [2.05, 4.69) is 20.8 Å². The molecule has 186 valence electrons. The molecule has 0 fully saturated rings. The van der Waals surface area contributed by atoms with E-state index in [0.29, 0.717) is 21.8 Å². The van der Waals surface area contributed by atoms with Crippen LogP contribution in [0.15, 0.2) is 78.0 Å². The lowest BCUT2D eigenvalue weighted by atomic mass is 10.2. The third kappa shape index (κ3) is 6.38. The fourth-order valence-corrected chi connectivity index (χ4v) is 4.46. The SMILES string of the molecule is Cc1ccc(Cl)cc1-n1c(CNC(=O)Nc2ccc(C(F)(F)F)cc2)nnc1SCc1ccccc1. The number of urea groups is 1. The highest BCUT2D eigenvalue weighted by molar-refractivity contribution is 7.98. The normalized spacial score (nSPS) is 11.4. The summed E-state index contributed by atoms with van der Waals surface area (Å²) in [6.45, 7) is 1.96. The van der Waals surface area contributed by atoms with Gasteiger partial charge in [-0.15, -0.1) is 10.2 Å². The molecule has 1 heterocycles. The predicted octanol–water partition coefficient (Wildman–Crippen LogP) is 6.86. The number of aryl methyl sites for hydroxylation is 1. The number of benzene rings is 3. The minimum atomic E-state index is -4.44. The van der Waals surface area contributed by atoms with Crippen LogP contribution in [0.1, 0.15) is 22.5 Å². The van der Waals surface area contributed by atoms with Gasteiger partial charge < -0.3 is 10.6 Å². The van der Waals surface area contributed by atoms with Crippen LogP contribution >= 0.6 is 23.4 Å². The molecule has 0 aliphatic heterocycles. The van der Waals surface area contributed by atoms with Gasteiger partial charge in [-0.3, -0.25) is 4.57 Å². The van der Waals surface area contributed by atoms with Crippen LogP contribution in [-0.2, 0) is 18.5 Å². The van der Waals surface area contributed by atoms with E-state index >= 15 is 0 Å². The minimum absolute atomic E-state index is 0.0251. The van der Waals surface area contributed by atoms with Gasteiger partial charge in [0.05, 0.1) is 17.8 Å². The van der Waals surface area contributed by atoms with Crippen molar-refractivity contribution in [3.63, 3.8) is 0 Å². The number of alkyl halides is 3. The van der Waals surface area contributed by atoms with Gasteiger partial charge in [-0.2, -0.15) is 13.2 Å². The summed E-state index contributed by atoms with van der Waals surface area (Å²) in [6.07, 6.45) is -4.44. The number of hydrogen-bond donors (Lipinski definition) is 2. The first-order chi connectivity index (χ1) is 17.2. The molecule has 0 bridgehead atoms. The quantitative estimate of drug-likeness (QED) is 0.255. The van der Waals surface area contributed by atoms with Gasteiger partial charge in [0, 0.05) is 16.5 Å². The van der Waals surface area contributed by atoms with E-state index in [1.807, 2.05) is 47.9 Å². The molecule has 2 amide bonds. The Morgan fingerprint density at radius 3 is 2.44 bits per heavy atom. The van der Waals surface area contributed by atoms with E-state index in [1.54, 1.807) is 12.1 Å². The van der Waals surface area contributed by atoms with Gasteiger partial charge in [0.2, 0.25) is 0 Å².